The number of halogens is 1. The highest BCUT2D eigenvalue weighted by Crippen LogP contribution is 2.09. The highest BCUT2D eigenvalue weighted by Gasteiger charge is 2.10. The van der Waals surface area contributed by atoms with Crippen LogP contribution >= 0.6 is 35.2 Å². The zero-order valence-corrected chi connectivity index (χ0v) is 9.19. The van der Waals surface area contributed by atoms with E-state index in [0.29, 0.717) is 11.4 Å². The summed E-state index contributed by atoms with van der Waals surface area (Å²) in [4.78, 5) is 2.31. The van der Waals surface area contributed by atoms with Crippen LogP contribution in [0.25, 0.3) is 0 Å². The SMILES string of the molecule is CC(C)N(CI)C(C)S. The van der Waals surface area contributed by atoms with Crippen LogP contribution in [0, 0.1) is 0 Å². The Morgan fingerprint density at radius 2 is 1.89 bits per heavy atom. The molecule has 0 aromatic heterocycles. The van der Waals surface area contributed by atoms with Crippen molar-refractivity contribution >= 4 is 35.2 Å². The van der Waals surface area contributed by atoms with Crippen LogP contribution in [-0.2, 0) is 0 Å². The third-order valence-corrected chi connectivity index (χ3v) is 2.37. The lowest BCUT2D eigenvalue weighted by Gasteiger charge is -2.26. The van der Waals surface area contributed by atoms with Crippen molar-refractivity contribution in [2.45, 2.75) is 32.2 Å². The van der Waals surface area contributed by atoms with E-state index in [9.17, 15) is 0 Å². The first-order valence-corrected chi connectivity index (χ1v) is 5.13. The fourth-order valence-electron chi connectivity index (χ4n) is 0.669. The predicted molar refractivity (Wildman–Crippen MR) is 54.3 cm³/mol. The number of nitrogens with zero attached hydrogens (tertiary/aromatic N) is 1. The molecule has 1 nitrogen and oxygen atoms in total. The maximum atomic E-state index is 4.33. The summed E-state index contributed by atoms with van der Waals surface area (Å²) < 4.78 is 1.06. The molecule has 0 N–H and O–H groups in total. The average Bonchev–Trinajstić information content (AvgIpc) is 1.64. The van der Waals surface area contributed by atoms with Crippen LogP contribution in [0.1, 0.15) is 20.8 Å². The summed E-state index contributed by atoms with van der Waals surface area (Å²) >= 11 is 6.69. The maximum Gasteiger partial charge on any atom is 0.0518 e. The molecule has 0 saturated carbocycles. The summed E-state index contributed by atoms with van der Waals surface area (Å²) in [5.74, 6) is 0. The van der Waals surface area contributed by atoms with E-state index in [1.807, 2.05) is 0 Å². The molecule has 0 amide bonds. The Balaban J connectivity index is 3.68. The van der Waals surface area contributed by atoms with Gasteiger partial charge >= 0.3 is 0 Å². The van der Waals surface area contributed by atoms with Crippen LogP contribution in [0.15, 0.2) is 0 Å². The first kappa shape index (κ1) is 10.0. The molecule has 0 aromatic rings. The van der Waals surface area contributed by atoms with Crippen LogP contribution < -0.4 is 0 Å². The van der Waals surface area contributed by atoms with Crippen LogP contribution in [-0.4, -0.2) is 20.9 Å². The van der Waals surface area contributed by atoms with Crippen molar-refractivity contribution in [1.29, 1.82) is 0 Å². The molecule has 0 aliphatic heterocycles. The van der Waals surface area contributed by atoms with Crippen LogP contribution in [0.4, 0.5) is 0 Å². The second-order valence-electron chi connectivity index (χ2n) is 2.36. The Hall–Kier alpha value is 1.04. The molecule has 0 aliphatic rings. The molecule has 9 heavy (non-hydrogen) atoms. The molecular formula is C6H14INS. The molecule has 0 fully saturated rings. The Morgan fingerprint density at radius 3 is 1.89 bits per heavy atom. The van der Waals surface area contributed by atoms with E-state index in [0.717, 1.165) is 4.55 Å². The predicted octanol–water partition coefficient (Wildman–Crippen LogP) is 2.37. The third-order valence-electron chi connectivity index (χ3n) is 1.28. The molecule has 0 radical (unpaired) electrons. The normalized spacial score (nSPS) is 15.0. The van der Waals surface area contributed by atoms with Gasteiger partial charge in [-0.2, -0.15) is 12.6 Å². The van der Waals surface area contributed by atoms with E-state index in [1.165, 1.54) is 0 Å². The van der Waals surface area contributed by atoms with Gasteiger partial charge in [-0.3, -0.25) is 4.90 Å². The molecule has 0 saturated heterocycles. The molecule has 0 bridgehead atoms. The molecule has 0 rings (SSSR count). The highest BCUT2D eigenvalue weighted by atomic mass is 127. The van der Waals surface area contributed by atoms with Gasteiger partial charge in [0, 0.05) is 6.04 Å². The summed E-state index contributed by atoms with van der Waals surface area (Å²) in [6, 6.07) is 0.606. The summed E-state index contributed by atoms with van der Waals surface area (Å²) in [7, 11) is 0. The first-order valence-electron chi connectivity index (χ1n) is 3.09. The van der Waals surface area contributed by atoms with Crippen molar-refractivity contribution in [3.63, 3.8) is 0 Å². The topological polar surface area (TPSA) is 3.24 Å². The Morgan fingerprint density at radius 1 is 1.44 bits per heavy atom. The summed E-state index contributed by atoms with van der Waals surface area (Å²) in [6.45, 7) is 6.47. The van der Waals surface area contributed by atoms with Gasteiger partial charge in [0.25, 0.3) is 0 Å². The maximum absolute atomic E-state index is 4.33. The zero-order valence-electron chi connectivity index (χ0n) is 6.13. The fourth-order valence-corrected chi connectivity index (χ4v) is 2.71. The van der Waals surface area contributed by atoms with Crippen LogP contribution in [0.5, 0.6) is 0 Å². The van der Waals surface area contributed by atoms with Gasteiger partial charge in [0.1, 0.15) is 0 Å². The van der Waals surface area contributed by atoms with Gasteiger partial charge in [0.15, 0.2) is 0 Å². The smallest absolute Gasteiger partial charge is 0.0518 e. The van der Waals surface area contributed by atoms with Gasteiger partial charge in [-0.15, -0.1) is 0 Å². The molecule has 3 heteroatoms. The average molecular weight is 259 g/mol. The van der Waals surface area contributed by atoms with E-state index in [4.69, 9.17) is 0 Å². The Bertz CT molecular complexity index is 67.5. The van der Waals surface area contributed by atoms with Gasteiger partial charge in [-0.1, -0.05) is 22.6 Å². The molecular weight excluding hydrogens is 245 g/mol. The van der Waals surface area contributed by atoms with E-state index in [-0.39, 0.29) is 0 Å². The Labute approximate surface area is 76.7 Å². The van der Waals surface area contributed by atoms with Crippen molar-refractivity contribution in [2.24, 2.45) is 0 Å². The van der Waals surface area contributed by atoms with Crippen molar-refractivity contribution in [3.05, 3.63) is 0 Å². The lowest BCUT2D eigenvalue weighted by Crippen LogP contribution is -2.34. The summed E-state index contributed by atoms with van der Waals surface area (Å²) in [6.07, 6.45) is 0. The number of rotatable bonds is 3. The molecule has 1 unspecified atom stereocenters. The number of thiol groups is 1. The molecule has 0 aromatic carbocycles. The van der Waals surface area contributed by atoms with Gasteiger partial charge in [-0.05, 0) is 20.8 Å². The van der Waals surface area contributed by atoms with Crippen molar-refractivity contribution < 1.29 is 0 Å². The monoisotopic (exact) mass is 259 g/mol. The third kappa shape index (κ3) is 3.68. The van der Waals surface area contributed by atoms with Crippen LogP contribution in [0.2, 0.25) is 0 Å². The largest absolute Gasteiger partial charge is 0.280 e. The van der Waals surface area contributed by atoms with E-state index in [2.05, 4.69) is 60.9 Å². The van der Waals surface area contributed by atoms with Crippen molar-refractivity contribution in [1.82, 2.24) is 4.90 Å². The standard InChI is InChI=1S/C6H14INS/c1-5(2)8(4-7)6(3)9/h5-6,9H,4H2,1-3H3. The Kier molecular flexibility index (Phi) is 5.35. The minimum Gasteiger partial charge on any atom is -0.280 e. The van der Waals surface area contributed by atoms with Crippen LogP contribution in [0.3, 0.4) is 0 Å². The second kappa shape index (κ2) is 4.79. The van der Waals surface area contributed by atoms with E-state index >= 15 is 0 Å². The quantitative estimate of drug-likeness (QED) is 0.268. The molecule has 0 heterocycles. The van der Waals surface area contributed by atoms with Gasteiger partial charge in [0.05, 0.1) is 9.93 Å². The van der Waals surface area contributed by atoms with E-state index < -0.39 is 0 Å². The molecule has 56 valence electrons. The first-order chi connectivity index (χ1) is 4.09. The van der Waals surface area contributed by atoms with Crippen molar-refractivity contribution in [2.75, 3.05) is 4.55 Å². The number of hydrogen-bond donors (Lipinski definition) is 1. The van der Waals surface area contributed by atoms with Gasteiger partial charge < -0.3 is 0 Å². The highest BCUT2D eigenvalue weighted by molar-refractivity contribution is 14.1. The second-order valence-corrected chi connectivity index (χ2v) is 3.79. The summed E-state index contributed by atoms with van der Waals surface area (Å²) in [5.41, 5.74) is 0. The fraction of sp³-hybridized carbons (Fsp3) is 1.00. The van der Waals surface area contributed by atoms with Crippen molar-refractivity contribution in [3.8, 4) is 0 Å². The number of alkyl halides is 1. The van der Waals surface area contributed by atoms with Gasteiger partial charge in [0.2, 0.25) is 0 Å². The minimum atomic E-state index is 0.377. The molecule has 0 spiro atoms. The lowest BCUT2D eigenvalue weighted by atomic mass is 10.3. The zero-order chi connectivity index (χ0) is 7.44. The number of hydrogen-bond acceptors (Lipinski definition) is 2. The minimum absolute atomic E-state index is 0.377. The lowest BCUT2D eigenvalue weighted by molar-refractivity contribution is 0.263. The summed E-state index contributed by atoms with van der Waals surface area (Å²) in [5, 5.41) is 0.377. The molecule has 0 aliphatic carbocycles. The molecule has 1 atom stereocenters. The van der Waals surface area contributed by atoms with Gasteiger partial charge in [-0.25, -0.2) is 0 Å². The van der Waals surface area contributed by atoms with E-state index in [1.54, 1.807) is 0 Å².